The summed E-state index contributed by atoms with van der Waals surface area (Å²) in [6.45, 7) is 1.06. The molecule has 1 heterocycles. The lowest BCUT2D eigenvalue weighted by Crippen LogP contribution is -2.34. The molecular weight excluding hydrogens is 174 g/mol. The second-order valence-corrected chi connectivity index (χ2v) is 3.93. The largest absolute Gasteiger partial charge is 0.399 e. The summed E-state index contributed by atoms with van der Waals surface area (Å²) in [5, 5.41) is 0. The zero-order valence-electron chi connectivity index (χ0n) is 7.88. The van der Waals surface area contributed by atoms with E-state index in [1.165, 1.54) is 17.7 Å². The maximum atomic E-state index is 5.65. The van der Waals surface area contributed by atoms with Gasteiger partial charge in [0.2, 0.25) is 0 Å². The smallest absolute Gasteiger partial charge is 0.0555 e. The van der Waals surface area contributed by atoms with Gasteiger partial charge in [0.05, 0.1) is 5.70 Å². The number of nitrogens with two attached hydrogens (primary N) is 1. The number of nitrogen functional groups attached to an aromatic ring is 1. The van der Waals surface area contributed by atoms with Crippen LogP contribution in [0.15, 0.2) is 29.8 Å². The van der Waals surface area contributed by atoms with E-state index >= 15 is 0 Å². The summed E-state index contributed by atoms with van der Waals surface area (Å²) in [5.41, 5.74) is 16.9. The van der Waals surface area contributed by atoms with Gasteiger partial charge in [-0.2, -0.15) is 0 Å². The minimum atomic E-state index is 0.767. The summed E-state index contributed by atoms with van der Waals surface area (Å²) in [6.07, 6.45) is 1.24. The SMILES string of the molecule is Nc1ccc(C2=C3CC3CNN2)cc1. The molecule has 2 aliphatic rings. The molecule has 72 valence electrons. The summed E-state index contributed by atoms with van der Waals surface area (Å²) >= 11 is 0. The van der Waals surface area contributed by atoms with Crippen molar-refractivity contribution in [2.75, 3.05) is 12.3 Å². The first kappa shape index (κ1) is 7.88. The quantitative estimate of drug-likeness (QED) is 0.577. The number of hydrazine groups is 1. The van der Waals surface area contributed by atoms with E-state index in [2.05, 4.69) is 23.0 Å². The number of benzene rings is 1. The number of rotatable bonds is 1. The lowest BCUT2D eigenvalue weighted by Gasteiger charge is -2.16. The first-order valence-electron chi connectivity index (χ1n) is 4.92. The van der Waals surface area contributed by atoms with Crippen LogP contribution in [0, 0.1) is 5.92 Å². The molecule has 1 fully saturated rings. The molecule has 0 amide bonds. The summed E-state index contributed by atoms with van der Waals surface area (Å²) in [5.74, 6) is 0.767. The molecule has 4 N–H and O–H groups in total. The number of hydrogen-bond donors (Lipinski definition) is 3. The van der Waals surface area contributed by atoms with E-state index in [9.17, 15) is 0 Å². The van der Waals surface area contributed by atoms with Gasteiger partial charge in [-0.25, -0.2) is 5.43 Å². The zero-order chi connectivity index (χ0) is 9.54. The molecule has 0 saturated heterocycles. The summed E-state index contributed by atoms with van der Waals surface area (Å²) in [7, 11) is 0. The molecule has 3 rings (SSSR count). The highest BCUT2D eigenvalue weighted by Gasteiger charge is 2.35. The average Bonchev–Trinajstić information content (AvgIpc) is 2.97. The predicted octanol–water partition coefficient (Wildman–Crippen LogP) is 1.11. The maximum absolute atomic E-state index is 5.65. The van der Waals surface area contributed by atoms with E-state index in [4.69, 9.17) is 5.73 Å². The fourth-order valence-corrected chi connectivity index (χ4v) is 1.96. The van der Waals surface area contributed by atoms with Crippen molar-refractivity contribution < 1.29 is 0 Å². The van der Waals surface area contributed by atoms with E-state index in [0.717, 1.165) is 18.2 Å². The molecule has 0 spiro atoms. The van der Waals surface area contributed by atoms with Crippen molar-refractivity contribution in [3.05, 3.63) is 35.4 Å². The van der Waals surface area contributed by atoms with Crippen molar-refractivity contribution in [1.82, 2.24) is 10.9 Å². The molecule has 0 bridgehead atoms. The van der Waals surface area contributed by atoms with Gasteiger partial charge in [-0.1, -0.05) is 12.1 Å². The van der Waals surface area contributed by atoms with Crippen molar-refractivity contribution in [3.63, 3.8) is 0 Å². The molecule has 0 aromatic heterocycles. The van der Waals surface area contributed by atoms with E-state index in [-0.39, 0.29) is 0 Å². The Morgan fingerprint density at radius 2 is 2.00 bits per heavy atom. The highest BCUT2D eigenvalue weighted by atomic mass is 15.4. The minimum Gasteiger partial charge on any atom is -0.399 e. The van der Waals surface area contributed by atoms with Crippen LogP contribution in [-0.4, -0.2) is 6.54 Å². The van der Waals surface area contributed by atoms with Gasteiger partial charge in [-0.3, -0.25) is 0 Å². The van der Waals surface area contributed by atoms with Gasteiger partial charge >= 0.3 is 0 Å². The third-order valence-corrected chi connectivity index (χ3v) is 2.88. The van der Waals surface area contributed by atoms with Crippen molar-refractivity contribution in [2.24, 2.45) is 5.92 Å². The van der Waals surface area contributed by atoms with Gasteiger partial charge in [0.25, 0.3) is 0 Å². The highest BCUT2D eigenvalue weighted by molar-refractivity contribution is 5.72. The molecule has 3 nitrogen and oxygen atoms in total. The van der Waals surface area contributed by atoms with Gasteiger partial charge < -0.3 is 11.2 Å². The lowest BCUT2D eigenvalue weighted by molar-refractivity contribution is 0.590. The van der Waals surface area contributed by atoms with Crippen molar-refractivity contribution in [1.29, 1.82) is 0 Å². The zero-order valence-corrected chi connectivity index (χ0v) is 7.88. The maximum Gasteiger partial charge on any atom is 0.0555 e. The minimum absolute atomic E-state index is 0.767. The Kier molecular flexibility index (Phi) is 1.55. The van der Waals surface area contributed by atoms with Gasteiger partial charge in [0.1, 0.15) is 0 Å². The third-order valence-electron chi connectivity index (χ3n) is 2.88. The van der Waals surface area contributed by atoms with Gasteiger partial charge in [-0.15, -0.1) is 0 Å². The lowest BCUT2D eigenvalue weighted by atomic mass is 10.1. The monoisotopic (exact) mass is 187 g/mol. The van der Waals surface area contributed by atoms with Crippen LogP contribution in [0.5, 0.6) is 0 Å². The van der Waals surface area contributed by atoms with Crippen molar-refractivity contribution >= 4 is 11.4 Å². The van der Waals surface area contributed by atoms with Crippen molar-refractivity contribution in [3.8, 4) is 0 Å². The van der Waals surface area contributed by atoms with Crippen LogP contribution < -0.4 is 16.6 Å². The van der Waals surface area contributed by atoms with Crippen LogP contribution in [0.25, 0.3) is 5.70 Å². The standard InChI is InChI=1S/C11H13N3/c12-9-3-1-7(2-4-9)11-10-5-8(10)6-13-14-11/h1-4,8,13-14H,5-6,12H2. The summed E-state index contributed by atoms with van der Waals surface area (Å²) < 4.78 is 0. The first-order valence-corrected chi connectivity index (χ1v) is 4.92. The first-order chi connectivity index (χ1) is 6.84. The Hall–Kier alpha value is -1.48. The number of anilines is 1. The number of hydrogen-bond acceptors (Lipinski definition) is 3. The Balaban J connectivity index is 1.99. The van der Waals surface area contributed by atoms with Crippen molar-refractivity contribution in [2.45, 2.75) is 6.42 Å². The third kappa shape index (κ3) is 1.17. The van der Waals surface area contributed by atoms with Crippen LogP contribution >= 0.6 is 0 Å². The fraction of sp³-hybridized carbons (Fsp3) is 0.273. The van der Waals surface area contributed by atoms with E-state index < -0.39 is 0 Å². The molecule has 0 radical (unpaired) electrons. The molecule has 14 heavy (non-hydrogen) atoms. The molecule has 3 heteroatoms. The summed E-state index contributed by atoms with van der Waals surface area (Å²) in [4.78, 5) is 0. The van der Waals surface area contributed by atoms with Crippen LogP contribution in [0.3, 0.4) is 0 Å². The van der Waals surface area contributed by atoms with Crippen LogP contribution in [0.4, 0.5) is 5.69 Å². The molecule has 1 saturated carbocycles. The molecule has 1 aliphatic carbocycles. The van der Waals surface area contributed by atoms with E-state index in [0.29, 0.717) is 0 Å². The van der Waals surface area contributed by atoms with Gasteiger partial charge in [-0.05, 0) is 29.7 Å². The Morgan fingerprint density at radius 3 is 2.79 bits per heavy atom. The Labute approximate surface area is 83.0 Å². The predicted molar refractivity (Wildman–Crippen MR) is 57.0 cm³/mol. The molecule has 1 aromatic carbocycles. The van der Waals surface area contributed by atoms with E-state index in [1.54, 1.807) is 5.57 Å². The van der Waals surface area contributed by atoms with Crippen LogP contribution in [0.2, 0.25) is 0 Å². The normalized spacial score (nSPS) is 24.1. The van der Waals surface area contributed by atoms with E-state index in [1.807, 2.05) is 12.1 Å². The highest BCUT2D eigenvalue weighted by Crippen LogP contribution is 2.43. The summed E-state index contributed by atoms with van der Waals surface area (Å²) in [6, 6.07) is 8.01. The fourth-order valence-electron chi connectivity index (χ4n) is 1.96. The van der Waals surface area contributed by atoms with Gasteiger partial charge in [0.15, 0.2) is 0 Å². The molecule has 1 aromatic rings. The van der Waals surface area contributed by atoms with Crippen LogP contribution in [0.1, 0.15) is 12.0 Å². The second kappa shape index (κ2) is 2.75. The Morgan fingerprint density at radius 1 is 1.21 bits per heavy atom. The molecule has 1 aliphatic heterocycles. The average molecular weight is 187 g/mol. The van der Waals surface area contributed by atoms with Crippen LogP contribution in [-0.2, 0) is 0 Å². The second-order valence-electron chi connectivity index (χ2n) is 3.93. The topological polar surface area (TPSA) is 50.1 Å². The molecule has 1 unspecified atom stereocenters. The number of fused-ring (bicyclic) bond motifs is 1. The molecular formula is C11H13N3. The number of nitrogens with one attached hydrogen (secondary N) is 2. The molecule has 1 atom stereocenters. The van der Waals surface area contributed by atoms with Gasteiger partial charge in [0, 0.05) is 18.2 Å². The Bertz CT molecular complexity index is 391.